The molecule has 4 aromatic rings. The number of hydrogen-bond donors (Lipinski definition) is 2. The van der Waals surface area contributed by atoms with E-state index in [1.54, 1.807) is 28.8 Å². The SMILES string of the molecule is N#CCOc1ccc(-c2cccc3nc(Nc4ccc(C(N)=O)cc4)nn23)cc1. The summed E-state index contributed by atoms with van der Waals surface area (Å²) in [5, 5.41) is 16.3. The van der Waals surface area contributed by atoms with Crippen molar-refractivity contribution in [2.24, 2.45) is 5.73 Å². The fraction of sp³-hybridized carbons (Fsp3) is 0.0476. The summed E-state index contributed by atoms with van der Waals surface area (Å²) in [4.78, 5) is 15.7. The highest BCUT2D eigenvalue weighted by molar-refractivity contribution is 5.93. The third kappa shape index (κ3) is 3.84. The zero-order valence-electron chi connectivity index (χ0n) is 15.2. The lowest BCUT2D eigenvalue weighted by Gasteiger charge is -2.06. The van der Waals surface area contributed by atoms with Crippen LogP contribution in [0.25, 0.3) is 16.9 Å². The van der Waals surface area contributed by atoms with Gasteiger partial charge in [0.2, 0.25) is 11.9 Å². The number of pyridine rings is 1. The maximum absolute atomic E-state index is 11.2. The van der Waals surface area contributed by atoms with Crippen molar-refractivity contribution in [3.63, 3.8) is 0 Å². The van der Waals surface area contributed by atoms with E-state index in [0.29, 0.717) is 22.9 Å². The first-order valence-corrected chi connectivity index (χ1v) is 8.77. The molecule has 2 aromatic heterocycles. The fourth-order valence-corrected chi connectivity index (χ4v) is 2.86. The zero-order valence-corrected chi connectivity index (χ0v) is 15.2. The summed E-state index contributed by atoms with van der Waals surface area (Å²) in [6.07, 6.45) is 0. The molecule has 0 atom stereocenters. The van der Waals surface area contributed by atoms with Crippen LogP contribution in [-0.4, -0.2) is 27.1 Å². The first kappa shape index (κ1) is 18.0. The summed E-state index contributed by atoms with van der Waals surface area (Å²) >= 11 is 0. The molecule has 0 radical (unpaired) electrons. The molecule has 3 N–H and O–H groups in total. The van der Waals surface area contributed by atoms with Gasteiger partial charge in [0.1, 0.15) is 11.8 Å². The van der Waals surface area contributed by atoms with Crippen LogP contribution in [0.4, 0.5) is 11.6 Å². The van der Waals surface area contributed by atoms with E-state index in [9.17, 15) is 4.79 Å². The van der Waals surface area contributed by atoms with Crippen molar-refractivity contribution >= 4 is 23.2 Å². The quantitative estimate of drug-likeness (QED) is 0.527. The molecule has 29 heavy (non-hydrogen) atoms. The molecule has 0 saturated heterocycles. The van der Waals surface area contributed by atoms with E-state index < -0.39 is 5.91 Å². The zero-order chi connectivity index (χ0) is 20.2. The summed E-state index contributed by atoms with van der Waals surface area (Å²) in [5.41, 5.74) is 8.92. The normalized spacial score (nSPS) is 10.4. The van der Waals surface area contributed by atoms with Crippen molar-refractivity contribution in [3.05, 3.63) is 72.3 Å². The molecule has 0 aliphatic heterocycles. The Morgan fingerprint density at radius 3 is 2.55 bits per heavy atom. The summed E-state index contributed by atoms with van der Waals surface area (Å²) in [6, 6.07) is 21.8. The Morgan fingerprint density at radius 2 is 1.86 bits per heavy atom. The third-order valence-electron chi connectivity index (χ3n) is 4.24. The molecule has 0 saturated carbocycles. The van der Waals surface area contributed by atoms with Gasteiger partial charge in [0.05, 0.1) is 5.69 Å². The Balaban J connectivity index is 1.61. The highest BCUT2D eigenvalue weighted by Crippen LogP contribution is 2.24. The number of nitriles is 1. The maximum Gasteiger partial charge on any atom is 0.248 e. The lowest BCUT2D eigenvalue weighted by Crippen LogP contribution is -2.10. The minimum atomic E-state index is -0.476. The van der Waals surface area contributed by atoms with Gasteiger partial charge in [-0.3, -0.25) is 4.79 Å². The van der Waals surface area contributed by atoms with Crippen LogP contribution >= 0.6 is 0 Å². The predicted octanol–water partition coefficient (Wildman–Crippen LogP) is 3.14. The number of amides is 1. The third-order valence-corrected chi connectivity index (χ3v) is 4.24. The van der Waals surface area contributed by atoms with Gasteiger partial charge in [-0.05, 0) is 60.7 Å². The van der Waals surface area contributed by atoms with E-state index in [2.05, 4.69) is 15.4 Å². The van der Waals surface area contributed by atoms with Gasteiger partial charge in [-0.2, -0.15) is 10.2 Å². The lowest BCUT2D eigenvalue weighted by molar-refractivity contribution is 0.100. The molecule has 0 aliphatic rings. The van der Waals surface area contributed by atoms with Crippen molar-refractivity contribution in [2.75, 3.05) is 11.9 Å². The topological polar surface area (TPSA) is 118 Å². The molecule has 0 aliphatic carbocycles. The van der Waals surface area contributed by atoms with E-state index >= 15 is 0 Å². The van der Waals surface area contributed by atoms with Crippen LogP contribution < -0.4 is 15.8 Å². The van der Waals surface area contributed by atoms with Crippen LogP contribution in [0.2, 0.25) is 0 Å². The smallest absolute Gasteiger partial charge is 0.248 e. The van der Waals surface area contributed by atoms with Gasteiger partial charge in [-0.1, -0.05) is 6.07 Å². The number of carbonyl (C=O) groups is 1. The van der Waals surface area contributed by atoms with E-state index in [-0.39, 0.29) is 6.61 Å². The van der Waals surface area contributed by atoms with Crippen LogP contribution in [-0.2, 0) is 0 Å². The van der Waals surface area contributed by atoms with Crippen molar-refractivity contribution in [1.29, 1.82) is 5.26 Å². The molecule has 0 bridgehead atoms. The number of rotatable bonds is 6. The minimum absolute atomic E-state index is 0.00740. The number of carbonyl (C=O) groups excluding carboxylic acids is 1. The second kappa shape index (κ2) is 7.70. The predicted molar refractivity (Wildman–Crippen MR) is 108 cm³/mol. The molecule has 2 heterocycles. The van der Waals surface area contributed by atoms with E-state index in [4.69, 9.17) is 15.7 Å². The number of primary amides is 1. The Bertz CT molecular complexity index is 1210. The number of nitrogens with two attached hydrogens (primary N) is 1. The molecule has 4 rings (SSSR count). The van der Waals surface area contributed by atoms with Crippen molar-refractivity contribution < 1.29 is 9.53 Å². The largest absolute Gasteiger partial charge is 0.479 e. The van der Waals surface area contributed by atoms with Crippen molar-refractivity contribution in [3.8, 4) is 23.1 Å². The van der Waals surface area contributed by atoms with Crippen LogP contribution in [0.5, 0.6) is 5.75 Å². The molecule has 0 fully saturated rings. The van der Waals surface area contributed by atoms with Gasteiger partial charge in [-0.15, -0.1) is 5.10 Å². The van der Waals surface area contributed by atoms with Crippen molar-refractivity contribution in [1.82, 2.24) is 14.6 Å². The first-order chi connectivity index (χ1) is 14.1. The van der Waals surface area contributed by atoms with Gasteiger partial charge < -0.3 is 15.8 Å². The van der Waals surface area contributed by atoms with Gasteiger partial charge in [0.25, 0.3) is 0 Å². The van der Waals surface area contributed by atoms with Crippen LogP contribution in [0, 0.1) is 11.3 Å². The summed E-state index contributed by atoms with van der Waals surface area (Å²) in [6.45, 7) is 0.00740. The molecule has 0 spiro atoms. The fourth-order valence-electron chi connectivity index (χ4n) is 2.86. The second-order valence-corrected chi connectivity index (χ2v) is 6.15. The number of anilines is 2. The Kier molecular flexibility index (Phi) is 4.78. The number of nitrogens with zero attached hydrogens (tertiary/aromatic N) is 4. The highest BCUT2D eigenvalue weighted by atomic mass is 16.5. The average molecular weight is 384 g/mol. The lowest BCUT2D eigenvalue weighted by atomic mass is 10.1. The van der Waals surface area contributed by atoms with Crippen molar-refractivity contribution in [2.45, 2.75) is 0 Å². The van der Waals surface area contributed by atoms with Crippen LogP contribution in [0.3, 0.4) is 0 Å². The molecule has 142 valence electrons. The molecule has 2 aromatic carbocycles. The Morgan fingerprint density at radius 1 is 1.10 bits per heavy atom. The first-order valence-electron chi connectivity index (χ1n) is 8.77. The number of ether oxygens (including phenoxy) is 1. The van der Waals surface area contributed by atoms with Crippen LogP contribution in [0.15, 0.2) is 66.7 Å². The highest BCUT2D eigenvalue weighted by Gasteiger charge is 2.10. The van der Waals surface area contributed by atoms with Gasteiger partial charge in [0.15, 0.2) is 12.3 Å². The summed E-state index contributed by atoms with van der Waals surface area (Å²) in [5.74, 6) is 0.581. The number of benzene rings is 2. The molecule has 0 unspecified atom stereocenters. The maximum atomic E-state index is 11.2. The number of aromatic nitrogens is 3. The molecular weight excluding hydrogens is 368 g/mol. The van der Waals surface area contributed by atoms with Gasteiger partial charge >= 0.3 is 0 Å². The number of hydrogen-bond acceptors (Lipinski definition) is 6. The average Bonchev–Trinajstić information content (AvgIpc) is 3.15. The summed E-state index contributed by atoms with van der Waals surface area (Å²) < 4.78 is 7.03. The second-order valence-electron chi connectivity index (χ2n) is 6.15. The van der Waals surface area contributed by atoms with E-state index in [1.165, 1.54) is 0 Å². The van der Waals surface area contributed by atoms with Crippen LogP contribution in [0.1, 0.15) is 10.4 Å². The Hall–Kier alpha value is -4.38. The number of nitrogens with one attached hydrogen (secondary N) is 1. The molecule has 1 amide bonds. The molecule has 8 nitrogen and oxygen atoms in total. The Labute approximate surface area is 166 Å². The van der Waals surface area contributed by atoms with Gasteiger partial charge in [-0.25, -0.2) is 4.52 Å². The minimum Gasteiger partial charge on any atom is -0.479 e. The molecular formula is C21H16N6O2. The molecule has 8 heteroatoms. The van der Waals surface area contributed by atoms with E-state index in [0.717, 1.165) is 16.9 Å². The summed E-state index contributed by atoms with van der Waals surface area (Å²) in [7, 11) is 0. The standard InChI is InChI=1S/C21H16N6O2/c22-12-13-29-17-10-6-14(7-11-17)18-2-1-3-19-25-21(26-27(18)19)24-16-8-4-15(5-9-16)20(23)28/h1-11H,13H2,(H2,23,28)(H,24,26). The number of fused-ring (bicyclic) bond motifs is 1. The van der Waals surface area contributed by atoms with Gasteiger partial charge in [0, 0.05) is 16.8 Å². The monoisotopic (exact) mass is 384 g/mol. The van der Waals surface area contributed by atoms with E-state index in [1.807, 2.05) is 48.5 Å².